The molecule has 2 rings (SSSR count). The summed E-state index contributed by atoms with van der Waals surface area (Å²) in [7, 11) is -0.820. The molecule has 32 heavy (non-hydrogen) atoms. The van der Waals surface area contributed by atoms with Crippen molar-refractivity contribution in [1.82, 2.24) is 19.4 Å². The van der Waals surface area contributed by atoms with Crippen LogP contribution in [0.4, 0.5) is 10.6 Å². The Hall–Kier alpha value is -2.86. The van der Waals surface area contributed by atoms with E-state index in [-0.39, 0.29) is 6.54 Å². The molecule has 178 valence electrons. The van der Waals surface area contributed by atoms with E-state index in [0.29, 0.717) is 30.3 Å². The van der Waals surface area contributed by atoms with E-state index in [1.54, 1.807) is 41.1 Å². The average molecular weight is 470 g/mol. The van der Waals surface area contributed by atoms with Gasteiger partial charge in [0.1, 0.15) is 17.7 Å². The van der Waals surface area contributed by atoms with Crippen LogP contribution in [0.15, 0.2) is 18.5 Å². The van der Waals surface area contributed by atoms with Gasteiger partial charge in [-0.05, 0) is 39.7 Å². The molecule has 0 spiro atoms. The van der Waals surface area contributed by atoms with Crippen LogP contribution in [0.25, 0.3) is 10.9 Å². The van der Waals surface area contributed by atoms with E-state index < -0.39 is 21.9 Å². The molecule has 2 aromatic rings. The second-order valence-corrected chi connectivity index (χ2v) is 9.44. The van der Waals surface area contributed by atoms with Crippen LogP contribution in [0.2, 0.25) is 0 Å². The van der Waals surface area contributed by atoms with Crippen molar-refractivity contribution in [3.63, 3.8) is 0 Å². The number of unbranched alkanes of at least 4 members (excludes halogenated alkanes) is 2. The second kappa shape index (κ2) is 11.1. The molecular formula is C20H31N5O6S. The van der Waals surface area contributed by atoms with Crippen LogP contribution in [0.5, 0.6) is 11.5 Å². The van der Waals surface area contributed by atoms with Gasteiger partial charge in [0.25, 0.3) is 0 Å². The fraction of sp³-hybridized carbons (Fsp3) is 0.550. The number of fused-ring (bicyclic) bond motifs is 1. The lowest BCUT2D eigenvalue weighted by molar-refractivity contribution is 0.0569. The van der Waals surface area contributed by atoms with E-state index >= 15 is 0 Å². The van der Waals surface area contributed by atoms with Crippen LogP contribution < -0.4 is 24.2 Å². The van der Waals surface area contributed by atoms with Gasteiger partial charge in [0.05, 0.1) is 19.7 Å². The lowest BCUT2D eigenvalue weighted by Gasteiger charge is -2.19. The van der Waals surface area contributed by atoms with Crippen LogP contribution >= 0.6 is 0 Å². The van der Waals surface area contributed by atoms with Gasteiger partial charge in [-0.2, -0.15) is 13.1 Å². The van der Waals surface area contributed by atoms with Crippen molar-refractivity contribution in [3.8, 4) is 11.5 Å². The Labute approximate surface area is 188 Å². The van der Waals surface area contributed by atoms with E-state index in [4.69, 9.17) is 14.2 Å². The molecule has 1 aromatic carbocycles. The number of nitrogens with one attached hydrogen (secondary N) is 3. The maximum atomic E-state index is 11.9. The number of amides is 1. The van der Waals surface area contributed by atoms with Gasteiger partial charge < -0.3 is 19.5 Å². The number of benzene rings is 1. The van der Waals surface area contributed by atoms with Crippen LogP contribution in [-0.2, 0) is 14.9 Å². The van der Waals surface area contributed by atoms with Gasteiger partial charge in [0.15, 0.2) is 11.5 Å². The van der Waals surface area contributed by atoms with Crippen molar-refractivity contribution in [2.24, 2.45) is 0 Å². The first kappa shape index (κ1) is 25.4. The van der Waals surface area contributed by atoms with Crippen LogP contribution in [0, 0.1) is 0 Å². The van der Waals surface area contributed by atoms with Crippen molar-refractivity contribution in [1.29, 1.82) is 0 Å². The van der Waals surface area contributed by atoms with Crippen molar-refractivity contribution < 1.29 is 27.4 Å². The van der Waals surface area contributed by atoms with E-state index in [9.17, 15) is 13.2 Å². The first-order chi connectivity index (χ1) is 15.0. The first-order valence-electron chi connectivity index (χ1n) is 10.2. The molecule has 1 heterocycles. The van der Waals surface area contributed by atoms with E-state index in [2.05, 4.69) is 20.0 Å². The Morgan fingerprint density at radius 2 is 1.66 bits per heavy atom. The Bertz CT molecular complexity index is 1020. The van der Waals surface area contributed by atoms with Gasteiger partial charge in [0.2, 0.25) is 0 Å². The number of aromatic nitrogens is 2. The fourth-order valence-electron chi connectivity index (χ4n) is 2.81. The average Bonchev–Trinajstić information content (AvgIpc) is 2.70. The van der Waals surface area contributed by atoms with Gasteiger partial charge in [-0.3, -0.25) is 0 Å². The third-order valence-electron chi connectivity index (χ3n) is 4.20. The zero-order chi connectivity index (χ0) is 23.8. The number of hydrogen-bond donors (Lipinski definition) is 3. The second-order valence-electron chi connectivity index (χ2n) is 7.94. The SMILES string of the molecule is COc1cc2ncnc(NCCCCCNS(=O)(=O)NC(=O)OC(C)(C)C)c2cc1OC. The van der Waals surface area contributed by atoms with Gasteiger partial charge in [-0.1, -0.05) is 6.42 Å². The van der Waals surface area contributed by atoms with E-state index in [1.165, 1.54) is 6.33 Å². The quantitative estimate of drug-likeness (QED) is 0.423. The molecule has 3 N–H and O–H groups in total. The summed E-state index contributed by atoms with van der Waals surface area (Å²) in [6, 6.07) is 3.61. The highest BCUT2D eigenvalue weighted by molar-refractivity contribution is 7.88. The highest BCUT2D eigenvalue weighted by Gasteiger charge is 2.20. The molecule has 1 aromatic heterocycles. The summed E-state index contributed by atoms with van der Waals surface area (Å²) in [5.74, 6) is 1.86. The van der Waals surface area contributed by atoms with Crippen LogP contribution in [-0.4, -0.2) is 57.4 Å². The summed E-state index contributed by atoms with van der Waals surface area (Å²) in [6.45, 7) is 5.80. The topological polar surface area (TPSA) is 141 Å². The van der Waals surface area contributed by atoms with Gasteiger partial charge in [-0.25, -0.2) is 19.5 Å². The summed E-state index contributed by atoms with van der Waals surface area (Å²) >= 11 is 0. The predicted octanol–water partition coefficient (Wildman–Crippen LogP) is 2.59. The summed E-state index contributed by atoms with van der Waals surface area (Å²) in [5.41, 5.74) is -0.0502. The molecule has 0 bridgehead atoms. The Morgan fingerprint density at radius 3 is 2.31 bits per heavy atom. The number of rotatable bonds is 11. The fourth-order valence-corrected chi connectivity index (χ4v) is 3.56. The number of hydrogen-bond acceptors (Lipinski definition) is 9. The third kappa shape index (κ3) is 8.00. The molecule has 0 atom stereocenters. The molecule has 0 unspecified atom stereocenters. The Balaban J connectivity index is 1.76. The Morgan fingerprint density at radius 1 is 1.00 bits per heavy atom. The minimum absolute atomic E-state index is 0.200. The monoisotopic (exact) mass is 469 g/mol. The van der Waals surface area contributed by atoms with Gasteiger partial charge in [-0.15, -0.1) is 0 Å². The maximum Gasteiger partial charge on any atom is 0.422 e. The minimum atomic E-state index is -3.95. The molecule has 11 nitrogen and oxygen atoms in total. The molecule has 1 amide bonds. The normalized spacial score (nSPS) is 11.8. The van der Waals surface area contributed by atoms with Crippen molar-refractivity contribution >= 4 is 33.0 Å². The van der Waals surface area contributed by atoms with E-state index in [1.807, 2.05) is 10.8 Å². The molecule has 0 aliphatic heterocycles. The molecule has 0 saturated carbocycles. The summed E-state index contributed by atoms with van der Waals surface area (Å²) in [5, 5.41) is 4.08. The molecule has 0 fully saturated rings. The molecule has 12 heteroatoms. The first-order valence-corrected chi connectivity index (χ1v) is 11.6. The predicted molar refractivity (Wildman–Crippen MR) is 121 cm³/mol. The summed E-state index contributed by atoms with van der Waals surface area (Å²) < 4.78 is 43.4. The highest BCUT2D eigenvalue weighted by atomic mass is 32.2. The summed E-state index contributed by atoms with van der Waals surface area (Å²) in [4.78, 5) is 20.1. The number of nitrogens with zero attached hydrogens (tertiary/aromatic N) is 2. The molecule has 0 aliphatic rings. The molecule has 0 saturated heterocycles. The van der Waals surface area contributed by atoms with Gasteiger partial charge in [0, 0.05) is 24.5 Å². The number of carbonyl (C=O) groups excluding carboxylic acids is 1. The maximum absolute atomic E-state index is 11.9. The summed E-state index contributed by atoms with van der Waals surface area (Å²) in [6.07, 6.45) is 2.62. The highest BCUT2D eigenvalue weighted by Crippen LogP contribution is 2.33. The Kier molecular flexibility index (Phi) is 8.84. The molecular weight excluding hydrogens is 438 g/mol. The van der Waals surface area contributed by atoms with Crippen molar-refractivity contribution in [3.05, 3.63) is 18.5 Å². The van der Waals surface area contributed by atoms with Gasteiger partial charge >= 0.3 is 16.3 Å². The number of ether oxygens (including phenoxy) is 3. The zero-order valence-electron chi connectivity index (χ0n) is 19.0. The smallest absolute Gasteiger partial charge is 0.422 e. The number of anilines is 1. The lowest BCUT2D eigenvalue weighted by atomic mass is 10.2. The zero-order valence-corrected chi connectivity index (χ0v) is 19.8. The number of carbonyl (C=O) groups is 1. The van der Waals surface area contributed by atoms with Crippen molar-refractivity contribution in [2.45, 2.75) is 45.6 Å². The standard InChI is InChI=1S/C20H31N5O6S/c1-20(2,3)31-19(26)25-32(27,28)24-10-8-6-7-9-21-18-14-11-16(29-4)17(30-5)12-15(14)22-13-23-18/h11-13,24H,6-10H2,1-5H3,(H,25,26)(H,21,22,23). The molecule has 0 radical (unpaired) electrons. The van der Waals surface area contributed by atoms with Crippen LogP contribution in [0.1, 0.15) is 40.0 Å². The molecule has 0 aliphatic carbocycles. The van der Waals surface area contributed by atoms with Crippen molar-refractivity contribution in [2.75, 3.05) is 32.6 Å². The third-order valence-corrected chi connectivity index (χ3v) is 5.21. The largest absolute Gasteiger partial charge is 0.493 e. The number of methoxy groups -OCH3 is 2. The lowest BCUT2D eigenvalue weighted by Crippen LogP contribution is -2.43. The van der Waals surface area contributed by atoms with Crippen LogP contribution in [0.3, 0.4) is 0 Å². The minimum Gasteiger partial charge on any atom is -0.493 e. The van der Waals surface area contributed by atoms with E-state index in [0.717, 1.165) is 23.7 Å².